The summed E-state index contributed by atoms with van der Waals surface area (Å²) in [5.74, 6) is 0. The number of aliphatic hydroxyl groups is 1. The van der Waals surface area contributed by atoms with Gasteiger partial charge >= 0.3 is 7.82 Å². The van der Waals surface area contributed by atoms with Crippen LogP contribution >= 0.6 is 7.82 Å². The number of allylic oxidation sites excluding steroid dienone is 1. The number of phosphoric acid groups is 1. The maximum Gasteiger partial charge on any atom is 0.469 e. The SMILES string of the molecule is CCCCCCCCCCCCC/C=C(\C)[C@@H](O)[C@@H](N)COP(=O)(O)O. The Morgan fingerprint density at radius 1 is 1.00 bits per heavy atom. The summed E-state index contributed by atoms with van der Waals surface area (Å²) in [6.07, 6.45) is 16.2. The second kappa shape index (κ2) is 15.8. The Bertz CT molecular complexity index is 411. The standard InChI is InChI=1S/C19H40NO5P/c1-3-4-5-6-7-8-9-10-11-12-13-14-15-17(2)19(21)18(20)16-25-26(22,23)24/h15,18-19,21H,3-14,16,20H2,1-2H3,(H2,22,23,24)/b17-15+/t18-,19+/m0/s1. The average molecular weight is 394 g/mol. The van der Waals surface area contributed by atoms with Crippen LogP contribution in [0.5, 0.6) is 0 Å². The van der Waals surface area contributed by atoms with Crippen LogP contribution in [0.3, 0.4) is 0 Å². The van der Waals surface area contributed by atoms with Gasteiger partial charge < -0.3 is 20.6 Å². The van der Waals surface area contributed by atoms with Crippen molar-refractivity contribution in [3.05, 3.63) is 11.6 Å². The van der Waals surface area contributed by atoms with Gasteiger partial charge in [-0.05, 0) is 25.3 Å². The van der Waals surface area contributed by atoms with Crippen molar-refractivity contribution in [1.29, 1.82) is 0 Å². The molecule has 0 aliphatic rings. The van der Waals surface area contributed by atoms with Gasteiger partial charge in [-0.1, -0.05) is 77.2 Å². The fourth-order valence-electron chi connectivity index (χ4n) is 2.87. The highest BCUT2D eigenvalue weighted by Crippen LogP contribution is 2.35. The minimum absolute atomic E-state index is 0.380. The van der Waals surface area contributed by atoms with Crippen LogP contribution in [0.2, 0.25) is 0 Å². The molecule has 0 fully saturated rings. The number of nitrogens with two attached hydrogens (primary N) is 1. The van der Waals surface area contributed by atoms with Crippen LogP contribution in [-0.2, 0) is 9.09 Å². The molecule has 0 saturated heterocycles. The quantitative estimate of drug-likeness (QED) is 0.165. The number of phosphoric ester groups is 1. The summed E-state index contributed by atoms with van der Waals surface area (Å²) in [5, 5.41) is 10.0. The Balaban J connectivity index is 3.66. The van der Waals surface area contributed by atoms with Gasteiger partial charge in [0.05, 0.1) is 18.8 Å². The van der Waals surface area contributed by atoms with Gasteiger partial charge in [-0.15, -0.1) is 0 Å². The first-order chi connectivity index (χ1) is 12.3. The minimum Gasteiger partial charge on any atom is -0.387 e. The molecular formula is C19H40NO5P. The Labute approximate surface area is 159 Å². The maximum absolute atomic E-state index is 10.6. The second-order valence-electron chi connectivity index (χ2n) is 7.17. The molecule has 0 radical (unpaired) electrons. The lowest BCUT2D eigenvalue weighted by molar-refractivity contribution is 0.122. The van der Waals surface area contributed by atoms with Crippen molar-refractivity contribution < 1.29 is 24.0 Å². The van der Waals surface area contributed by atoms with E-state index in [4.69, 9.17) is 15.5 Å². The molecule has 5 N–H and O–H groups in total. The van der Waals surface area contributed by atoms with Gasteiger partial charge in [0.25, 0.3) is 0 Å². The van der Waals surface area contributed by atoms with Crippen LogP contribution in [0.15, 0.2) is 11.6 Å². The second-order valence-corrected chi connectivity index (χ2v) is 8.41. The fraction of sp³-hybridized carbons (Fsp3) is 0.895. The average Bonchev–Trinajstić information content (AvgIpc) is 2.59. The highest BCUT2D eigenvalue weighted by Gasteiger charge is 2.21. The van der Waals surface area contributed by atoms with Crippen LogP contribution in [0, 0.1) is 0 Å². The zero-order valence-corrected chi connectivity index (χ0v) is 17.5. The monoisotopic (exact) mass is 393 g/mol. The smallest absolute Gasteiger partial charge is 0.387 e. The zero-order valence-electron chi connectivity index (χ0n) is 16.6. The number of rotatable bonds is 17. The molecule has 0 aromatic carbocycles. The first-order valence-corrected chi connectivity index (χ1v) is 11.6. The first-order valence-electron chi connectivity index (χ1n) is 10.1. The maximum atomic E-state index is 10.6. The largest absolute Gasteiger partial charge is 0.469 e. The van der Waals surface area contributed by atoms with E-state index in [2.05, 4.69) is 11.4 Å². The minimum atomic E-state index is -4.55. The highest BCUT2D eigenvalue weighted by atomic mass is 31.2. The first kappa shape index (κ1) is 25.8. The molecule has 156 valence electrons. The molecule has 0 aromatic heterocycles. The van der Waals surface area contributed by atoms with Gasteiger partial charge in [0.2, 0.25) is 0 Å². The molecule has 0 bridgehead atoms. The molecule has 7 heteroatoms. The Kier molecular flexibility index (Phi) is 15.7. The lowest BCUT2D eigenvalue weighted by atomic mass is 10.0. The molecule has 0 spiro atoms. The van der Waals surface area contributed by atoms with Gasteiger partial charge in [0.15, 0.2) is 0 Å². The van der Waals surface area contributed by atoms with Gasteiger partial charge in [-0.25, -0.2) is 4.57 Å². The summed E-state index contributed by atoms with van der Waals surface area (Å²) in [5.41, 5.74) is 6.42. The van der Waals surface area contributed by atoms with E-state index in [-0.39, 0.29) is 6.61 Å². The van der Waals surface area contributed by atoms with Crippen molar-refractivity contribution in [2.75, 3.05) is 6.61 Å². The summed E-state index contributed by atoms with van der Waals surface area (Å²) in [6.45, 7) is 3.64. The third-order valence-corrected chi connectivity index (χ3v) is 5.07. The summed E-state index contributed by atoms with van der Waals surface area (Å²) >= 11 is 0. The van der Waals surface area contributed by atoms with Crippen LogP contribution in [-0.4, -0.2) is 33.6 Å². The molecule has 0 amide bonds. The van der Waals surface area contributed by atoms with E-state index in [9.17, 15) is 9.67 Å². The normalized spacial score (nSPS) is 15.2. The Morgan fingerprint density at radius 3 is 1.92 bits per heavy atom. The summed E-state index contributed by atoms with van der Waals surface area (Å²) in [6, 6.07) is -0.851. The molecule has 0 saturated carbocycles. The molecule has 0 aliphatic heterocycles. The molecular weight excluding hydrogens is 353 g/mol. The number of unbranched alkanes of at least 4 members (excludes halogenated alkanes) is 11. The molecule has 0 aliphatic carbocycles. The third kappa shape index (κ3) is 16.0. The molecule has 0 unspecified atom stereocenters. The predicted octanol–water partition coefficient (Wildman–Crippen LogP) is 4.43. The zero-order chi connectivity index (χ0) is 19.8. The van der Waals surface area contributed by atoms with E-state index >= 15 is 0 Å². The molecule has 0 rings (SSSR count). The van der Waals surface area contributed by atoms with Gasteiger partial charge in [0, 0.05) is 0 Å². The Morgan fingerprint density at radius 2 is 1.46 bits per heavy atom. The van der Waals surface area contributed by atoms with Crippen molar-refractivity contribution in [3.8, 4) is 0 Å². The van der Waals surface area contributed by atoms with Crippen LogP contribution < -0.4 is 5.73 Å². The molecule has 26 heavy (non-hydrogen) atoms. The van der Waals surface area contributed by atoms with Crippen molar-refractivity contribution >= 4 is 7.82 Å². The molecule has 0 heterocycles. The van der Waals surface area contributed by atoms with E-state index in [0.29, 0.717) is 0 Å². The number of hydrogen-bond donors (Lipinski definition) is 4. The van der Waals surface area contributed by atoms with E-state index in [1.54, 1.807) is 6.92 Å². The van der Waals surface area contributed by atoms with Gasteiger partial charge in [-0.2, -0.15) is 0 Å². The summed E-state index contributed by atoms with van der Waals surface area (Å²) < 4.78 is 15.0. The topological polar surface area (TPSA) is 113 Å². The Hall–Kier alpha value is -0.230. The van der Waals surface area contributed by atoms with Gasteiger partial charge in [0.1, 0.15) is 0 Å². The summed E-state index contributed by atoms with van der Waals surface area (Å²) in [4.78, 5) is 17.3. The lowest BCUT2D eigenvalue weighted by Gasteiger charge is -2.19. The van der Waals surface area contributed by atoms with Crippen molar-refractivity contribution in [1.82, 2.24) is 0 Å². The van der Waals surface area contributed by atoms with Gasteiger partial charge in [-0.3, -0.25) is 4.52 Å². The summed E-state index contributed by atoms with van der Waals surface area (Å²) in [7, 11) is -4.55. The molecule has 2 atom stereocenters. The van der Waals surface area contributed by atoms with Crippen molar-refractivity contribution in [2.24, 2.45) is 5.73 Å². The number of hydrogen-bond acceptors (Lipinski definition) is 4. The molecule has 0 aromatic rings. The van der Waals surface area contributed by atoms with E-state index in [1.807, 2.05) is 6.08 Å². The van der Waals surface area contributed by atoms with Crippen molar-refractivity contribution in [3.63, 3.8) is 0 Å². The number of aliphatic hydroxyl groups excluding tert-OH is 1. The van der Waals surface area contributed by atoms with E-state index < -0.39 is 20.0 Å². The van der Waals surface area contributed by atoms with Crippen LogP contribution in [0.4, 0.5) is 0 Å². The predicted molar refractivity (Wildman–Crippen MR) is 107 cm³/mol. The fourth-order valence-corrected chi connectivity index (χ4v) is 3.24. The molecule has 6 nitrogen and oxygen atoms in total. The van der Waals surface area contributed by atoms with Crippen LogP contribution in [0.1, 0.15) is 90.9 Å². The van der Waals surface area contributed by atoms with Crippen LogP contribution in [0.25, 0.3) is 0 Å². The van der Waals surface area contributed by atoms with E-state index in [1.165, 1.54) is 64.2 Å². The third-order valence-electron chi connectivity index (χ3n) is 4.58. The van der Waals surface area contributed by atoms with E-state index in [0.717, 1.165) is 18.4 Å². The lowest BCUT2D eigenvalue weighted by Crippen LogP contribution is -2.39. The highest BCUT2D eigenvalue weighted by molar-refractivity contribution is 7.46. The van der Waals surface area contributed by atoms with Crippen molar-refractivity contribution in [2.45, 2.75) is 103 Å².